The molecule has 6 nitrogen and oxygen atoms in total. The highest BCUT2D eigenvalue weighted by Crippen LogP contribution is 2.25. The lowest BCUT2D eigenvalue weighted by molar-refractivity contribution is 0.0696. The van der Waals surface area contributed by atoms with E-state index in [9.17, 15) is 9.90 Å². The lowest BCUT2D eigenvalue weighted by atomic mass is 10.2. The van der Waals surface area contributed by atoms with E-state index in [1.165, 1.54) is 11.8 Å². The van der Waals surface area contributed by atoms with Gasteiger partial charge in [-0.15, -0.1) is 0 Å². The summed E-state index contributed by atoms with van der Waals surface area (Å²) < 4.78 is 0. The quantitative estimate of drug-likeness (QED) is 0.560. The second-order valence-electron chi connectivity index (χ2n) is 4.86. The van der Waals surface area contributed by atoms with Gasteiger partial charge in [-0.1, -0.05) is 17.8 Å². The Bertz CT molecular complexity index is 898. The average molecular weight is 326 g/mol. The monoisotopic (exact) mass is 326 g/mol. The van der Waals surface area contributed by atoms with Crippen LogP contribution in [0.2, 0.25) is 0 Å². The Morgan fingerprint density at radius 3 is 2.83 bits per heavy atom. The van der Waals surface area contributed by atoms with Crippen LogP contribution in [0, 0.1) is 6.92 Å². The molecule has 0 amide bonds. The van der Waals surface area contributed by atoms with Crippen LogP contribution in [-0.4, -0.2) is 32.3 Å². The SMILES string of the molecule is CSc1nc(C)c(C(=O)O)c(Nc2ccc3ncccc3c2)n1. The Hall–Kier alpha value is -2.67. The van der Waals surface area contributed by atoms with Gasteiger partial charge in [0.25, 0.3) is 0 Å². The summed E-state index contributed by atoms with van der Waals surface area (Å²) >= 11 is 1.37. The first-order valence-electron chi connectivity index (χ1n) is 6.86. The third-order valence-electron chi connectivity index (χ3n) is 3.33. The molecule has 3 rings (SSSR count). The molecule has 0 spiro atoms. The number of carboxylic acid groups (broad SMARTS) is 1. The number of hydrogen-bond acceptors (Lipinski definition) is 6. The van der Waals surface area contributed by atoms with Crippen LogP contribution in [0.3, 0.4) is 0 Å². The van der Waals surface area contributed by atoms with Crippen LogP contribution in [0.4, 0.5) is 11.5 Å². The van der Waals surface area contributed by atoms with Gasteiger partial charge in [0, 0.05) is 17.3 Å². The van der Waals surface area contributed by atoms with Crippen LogP contribution in [0.1, 0.15) is 16.1 Å². The maximum Gasteiger partial charge on any atom is 0.341 e. The minimum absolute atomic E-state index is 0.0779. The molecule has 0 atom stereocenters. The topological polar surface area (TPSA) is 88.0 Å². The molecule has 0 aliphatic heterocycles. The van der Waals surface area contributed by atoms with Gasteiger partial charge in [0.15, 0.2) is 5.16 Å². The molecule has 2 heterocycles. The fourth-order valence-corrected chi connectivity index (χ4v) is 2.69. The van der Waals surface area contributed by atoms with E-state index in [1.807, 2.05) is 36.6 Å². The van der Waals surface area contributed by atoms with Crippen molar-refractivity contribution in [3.05, 3.63) is 47.8 Å². The van der Waals surface area contributed by atoms with Gasteiger partial charge in [-0.2, -0.15) is 0 Å². The Kier molecular flexibility index (Phi) is 4.12. The first-order chi connectivity index (χ1) is 11.1. The minimum atomic E-state index is -1.06. The van der Waals surface area contributed by atoms with Crippen LogP contribution in [0.15, 0.2) is 41.7 Å². The van der Waals surface area contributed by atoms with Crippen molar-refractivity contribution in [2.75, 3.05) is 11.6 Å². The number of carbonyl (C=O) groups is 1. The van der Waals surface area contributed by atoms with Crippen molar-refractivity contribution in [1.82, 2.24) is 15.0 Å². The third-order valence-corrected chi connectivity index (χ3v) is 3.88. The zero-order valence-corrected chi connectivity index (χ0v) is 13.4. The van der Waals surface area contributed by atoms with Gasteiger partial charge < -0.3 is 10.4 Å². The van der Waals surface area contributed by atoms with E-state index in [1.54, 1.807) is 13.1 Å². The molecule has 23 heavy (non-hydrogen) atoms. The van der Waals surface area contributed by atoms with Crippen molar-refractivity contribution in [1.29, 1.82) is 0 Å². The van der Waals surface area contributed by atoms with E-state index in [2.05, 4.69) is 20.3 Å². The number of anilines is 2. The number of nitrogens with one attached hydrogen (secondary N) is 1. The predicted molar refractivity (Wildman–Crippen MR) is 90.5 cm³/mol. The summed E-state index contributed by atoms with van der Waals surface area (Å²) in [6.07, 6.45) is 3.58. The van der Waals surface area contributed by atoms with E-state index >= 15 is 0 Å². The van der Waals surface area contributed by atoms with Gasteiger partial charge in [0.1, 0.15) is 11.4 Å². The van der Waals surface area contributed by atoms with Crippen molar-refractivity contribution < 1.29 is 9.90 Å². The molecule has 0 bridgehead atoms. The fraction of sp³-hybridized carbons (Fsp3) is 0.125. The molecular formula is C16H14N4O2S. The smallest absolute Gasteiger partial charge is 0.341 e. The third kappa shape index (κ3) is 3.09. The highest BCUT2D eigenvalue weighted by atomic mass is 32.2. The predicted octanol–water partition coefficient (Wildman–Crippen LogP) is 3.50. The van der Waals surface area contributed by atoms with Crippen LogP contribution in [0.25, 0.3) is 10.9 Å². The van der Waals surface area contributed by atoms with Gasteiger partial charge in [0.05, 0.1) is 11.2 Å². The number of fused-ring (bicyclic) bond motifs is 1. The Labute approximate surface area is 137 Å². The van der Waals surface area contributed by atoms with Gasteiger partial charge in [-0.05, 0) is 37.4 Å². The molecule has 1 aromatic carbocycles. The maximum absolute atomic E-state index is 11.5. The van der Waals surface area contributed by atoms with E-state index in [-0.39, 0.29) is 11.4 Å². The highest BCUT2D eigenvalue weighted by Gasteiger charge is 2.18. The second kappa shape index (κ2) is 6.21. The molecule has 116 valence electrons. The number of carboxylic acids is 1. The number of pyridine rings is 1. The first-order valence-corrected chi connectivity index (χ1v) is 8.08. The summed E-state index contributed by atoms with van der Waals surface area (Å²) in [6.45, 7) is 1.67. The lowest BCUT2D eigenvalue weighted by Gasteiger charge is -2.12. The molecule has 0 saturated carbocycles. The molecule has 0 fully saturated rings. The summed E-state index contributed by atoms with van der Waals surface area (Å²) in [7, 11) is 0. The summed E-state index contributed by atoms with van der Waals surface area (Å²) in [4.78, 5) is 24.3. The van der Waals surface area contributed by atoms with E-state index in [0.29, 0.717) is 10.9 Å². The van der Waals surface area contributed by atoms with Gasteiger partial charge in [0.2, 0.25) is 0 Å². The molecule has 2 aromatic heterocycles. The van der Waals surface area contributed by atoms with E-state index in [0.717, 1.165) is 16.6 Å². The zero-order valence-electron chi connectivity index (χ0n) is 12.6. The molecule has 0 unspecified atom stereocenters. The summed E-state index contributed by atoms with van der Waals surface area (Å²) in [6, 6.07) is 9.43. The molecular weight excluding hydrogens is 312 g/mol. The van der Waals surface area contributed by atoms with Crippen LogP contribution in [0.5, 0.6) is 0 Å². The first kappa shape index (κ1) is 15.2. The molecule has 0 aliphatic carbocycles. The highest BCUT2D eigenvalue weighted by molar-refractivity contribution is 7.98. The van der Waals surface area contributed by atoms with Gasteiger partial charge >= 0.3 is 5.97 Å². The molecule has 2 N–H and O–H groups in total. The van der Waals surface area contributed by atoms with Crippen LogP contribution < -0.4 is 5.32 Å². The number of rotatable bonds is 4. The van der Waals surface area contributed by atoms with Crippen molar-refractivity contribution >= 4 is 40.1 Å². The molecule has 0 radical (unpaired) electrons. The lowest BCUT2D eigenvalue weighted by Crippen LogP contribution is -2.10. The normalized spacial score (nSPS) is 10.7. The number of benzene rings is 1. The van der Waals surface area contributed by atoms with Crippen molar-refractivity contribution in [2.24, 2.45) is 0 Å². The van der Waals surface area contributed by atoms with Crippen molar-refractivity contribution in [3.63, 3.8) is 0 Å². The number of hydrogen-bond donors (Lipinski definition) is 2. The number of thioether (sulfide) groups is 1. The number of aromatic carboxylic acids is 1. The van der Waals surface area contributed by atoms with E-state index in [4.69, 9.17) is 0 Å². The number of nitrogens with zero attached hydrogens (tertiary/aromatic N) is 3. The number of aryl methyl sites for hydroxylation is 1. The Morgan fingerprint density at radius 2 is 2.09 bits per heavy atom. The summed E-state index contributed by atoms with van der Waals surface area (Å²) in [5, 5.41) is 14.0. The molecule has 7 heteroatoms. The van der Waals surface area contributed by atoms with Gasteiger partial charge in [-0.3, -0.25) is 4.98 Å². The standard InChI is InChI=1S/C16H14N4O2S/c1-9-13(15(21)22)14(20-16(18-9)23-2)19-11-5-6-12-10(8-11)4-3-7-17-12/h3-8H,1-2H3,(H,21,22)(H,18,19,20). The summed E-state index contributed by atoms with van der Waals surface area (Å²) in [5.74, 6) is -0.766. The van der Waals surface area contributed by atoms with Crippen molar-refractivity contribution in [2.45, 2.75) is 12.1 Å². The fourth-order valence-electron chi connectivity index (χ4n) is 2.28. The van der Waals surface area contributed by atoms with Crippen molar-refractivity contribution in [3.8, 4) is 0 Å². The number of aromatic nitrogens is 3. The van der Waals surface area contributed by atoms with E-state index < -0.39 is 5.97 Å². The largest absolute Gasteiger partial charge is 0.477 e. The second-order valence-corrected chi connectivity index (χ2v) is 5.63. The molecule has 0 aliphatic rings. The maximum atomic E-state index is 11.5. The van der Waals surface area contributed by atoms with Gasteiger partial charge in [-0.25, -0.2) is 14.8 Å². The summed E-state index contributed by atoms with van der Waals surface area (Å²) in [5.41, 5.74) is 2.13. The van der Waals surface area contributed by atoms with Crippen LogP contribution >= 0.6 is 11.8 Å². The zero-order chi connectivity index (χ0) is 16.4. The molecule has 3 aromatic rings. The minimum Gasteiger partial charge on any atom is -0.477 e. The van der Waals surface area contributed by atoms with Crippen LogP contribution in [-0.2, 0) is 0 Å². The average Bonchev–Trinajstić information content (AvgIpc) is 2.53. The Morgan fingerprint density at radius 1 is 1.26 bits per heavy atom. The Balaban J connectivity index is 2.06. The molecule has 0 saturated heterocycles.